The van der Waals surface area contributed by atoms with Crippen molar-refractivity contribution >= 4 is 11.9 Å². The Bertz CT molecular complexity index is 425. The summed E-state index contributed by atoms with van der Waals surface area (Å²) in [5.74, 6) is 0.117. The first-order valence-corrected chi connectivity index (χ1v) is 5.56. The summed E-state index contributed by atoms with van der Waals surface area (Å²) in [5.41, 5.74) is 0.362. The molecule has 0 saturated heterocycles. The van der Waals surface area contributed by atoms with Gasteiger partial charge < -0.3 is 14.1 Å². The predicted octanol–water partition coefficient (Wildman–Crippen LogP) is 0.632. The number of nitrogens with zero attached hydrogens (tertiary/aromatic N) is 1. The molecular weight excluding hydrogens is 236 g/mol. The Balaban J connectivity index is 2.51. The van der Waals surface area contributed by atoms with Crippen molar-refractivity contribution in [3.05, 3.63) is 23.7 Å². The van der Waals surface area contributed by atoms with Gasteiger partial charge in [0.25, 0.3) is 0 Å². The minimum absolute atomic E-state index is 0.0188. The Morgan fingerprint density at radius 1 is 1.50 bits per heavy atom. The summed E-state index contributed by atoms with van der Waals surface area (Å²) in [6, 6.07) is 1.28. The van der Waals surface area contributed by atoms with Crippen LogP contribution in [0.3, 0.4) is 0 Å². The fourth-order valence-electron chi connectivity index (χ4n) is 1.43. The number of hydrogen-bond acceptors (Lipinski definition) is 5. The highest BCUT2D eigenvalue weighted by Crippen LogP contribution is 2.09. The molecule has 0 aliphatic heterocycles. The molecule has 18 heavy (non-hydrogen) atoms. The van der Waals surface area contributed by atoms with Gasteiger partial charge in [0, 0.05) is 14.1 Å². The number of rotatable bonds is 5. The van der Waals surface area contributed by atoms with Crippen molar-refractivity contribution in [2.75, 3.05) is 21.2 Å². The van der Waals surface area contributed by atoms with E-state index in [4.69, 9.17) is 4.42 Å². The lowest BCUT2D eigenvalue weighted by atomic mass is 10.2. The van der Waals surface area contributed by atoms with Crippen LogP contribution < -0.4 is 5.32 Å². The molecule has 1 amide bonds. The smallest absolute Gasteiger partial charge is 0.341 e. The molecule has 0 spiro atoms. The second-order valence-corrected chi connectivity index (χ2v) is 4.13. The second kappa shape index (κ2) is 6.20. The molecule has 1 unspecified atom stereocenters. The number of carbonyl (C=O) groups excluding carboxylic acids is 2. The minimum Gasteiger partial charge on any atom is -0.467 e. The number of methoxy groups -OCH3 is 1. The molecule has 1 aromatic rings. The molecule has 1 N–H and O–H groups in total. The Morgan fingerprint density at radius 2 is 2.17 bits per heavy atom. The van der Waals surface area contributed by atoms with E-state index in [0.29, 0.717) is 17.9 Å². The number of hydrogen-bond donors (Lipinski definition) is 1. The van der Waals surface area contributed by atoms with Gasteiger partial charge in [-0.25, -0.2) is 4.79 Å². The van der Waals surface area contributed by atoms with E-state index in [2.05, 4.69) is 10.1 Å². The van der Waals surface area contributed by atoms with Crippen molar-refractivity contribution in [3.8, 4) is 0 Å². The van der Waals surface area contributed by atoms with Crippen LogP contribution in [0.1, 0.15) is 23.0 Å². The number of furan rings is 1. The molecule has 0 radical (unpaired) electrons. The molecule has 1 aromatic heterocycles. The van der Waals surface area contributed by atoms with Crippen LogP contribution >= 0.6 is 0 Å². The van der Waals surface area contributed by atoms with E-state index in [1.807, 2.05) is 0 Å². The molecule has 0 aromatic carbocycles. The number of ether oxygens (including phenoxy) is 1. The van der Waals surface area contributed by atoms with Gasteiger partial charge in [-0.15, -0.1) is 0 Å². The molecule has 0 saturated carbocycles. The highest BCUT2D eigenvalue weighted by Gasteiger charge is 2.15. The van der Waals surface area contributed by atoms with Crippen LogP contribution in [0.4, 0.5) is 0 Å². The summed E-state index contributed by atoms with van der Waals surface area (Å²) in [6.45, 7) is 2.14. The van der Waals surface area contributed by atoms with Gasteiger partial charge in [-0.2, -0.15) is 0 Å². The van der Waals surface area contributed by atoms with E-state index in [-0.39, 0.29) is 11.9 Å². The first-order chi connectivity index (χ1) is 8.45. The third-order valence-corrected chi connectivity index (χ3v) is 2.47. The molecule has 1 rings (SSSR count). The summed E-state index contributed by atoms with van der Waals surface area (Å²) < 4.78 is 9.75. The maximum atomic E-state index is 11.6. The van der Waals surface area contributed by atoms with E-state index >= 15 is 0 Å². The first kappa shape index (κ1) is 14.2. The van der Waals surface area contributed by atoms with Crippen molar-refractivity contribution in [1.29, 1.82) is 0 Å². The summed E-state index contributed by atoms with van der Waals surface area (Å²) in [6.07, 6.45) is 1.33. The highest BCUT2D eigenvalue weighted by molar-refractivity contribution is 5.89. The topological polar surface area (TPSA) is 71.8 Å². The number of esters is 1. The Kier molecular flexibility index (Phi) is 4.91. The standard InChI is InChI=1S/C12H18N2O4/c1-8(11(15)14(2)3)13-6-10-5-9(7-18-10)12(16)17-4/h5,7-8,13H,6H2,1-4H3. The van der Waals surface area contributed by atoms with Crippen molar-refractivity contribution in [3.63, 3.8) is 0 Å². The van der Waals surface area contributed by atoms with E-state index < -0.39 is 5.97 Å². The zero-order valence-corrected chi connectivity index (χ0v) is 11.0. The predicted molar refractivity (Wildman–Crippen MR) is 65.0 cm³/mol. The summed E-state index contributed by atoms with van der Waals surface area (Å²) in [4.78, 5) is 24.3. The molecule has 0 aliphatic carbocycles. The largest absolute Gasteiger partial charge is 0.467 e. The normalized spacial score (nSPS) is 12.0. The van der Waals surface area contributed by atoms with Crippen LogP contribution in [-0.4, -0.2) is 44.0 Å². The van der Waals surface area contributed by atoms with Gasteiger partial charge in [0.05, 0.1) is 25.3 Å². The van der Waals surface area contributed by atoms with Gasteiger partial charge in [-0.05, 0) is 13.0 Å². The van der Waals surface area contributed by atoms with Crippen LogP contribution in [0.15, 0.2) is 16.7 Å². The van der Waals surface area contributed by atoms with Crippen LogP contribution in [0.5, 0.6) is 0 Å². The lowest BCUT2D eigenvalue weighted by Gasteiger charge is -2.17. The molecule has 0 fully saturated rings. The second-order valence-electron chi connectivity index (χ2n) is 4.13. The average Bonchev–Trinajstić information content (AvgIpc) is 2.82. The van der Waals surface area contributed by atoms with E-state index in [9.17, 15) is 9.59 Å². The third-order valence-electron chi connectivity index (χ3n) is 2.47. The third kappa shape index (κ3) is 3.59. The number of nitrogens with one attached hydrogen (secondary N) is 1. The van der Waals surface area contributed by atoms with E-state index in [1.165, 1.54) is 18.3 Å². The van der Waals surface area contributed by atoms with Crippen LogP contribution in [-0.2, 0) is 16.1 Å². The zero-order chi connectivity index (χ0) is 13.7. The Labute approximate surface area is 106 Å². The Hall–Kier alpha value is -1.82. The van der Waals surface area contributed by atoms with Gasteiger partial charge in [0.15, 0.2) is 0 Å². The van der Waals surface area contributed by atoms with Gasteiger partial charge in [-0.1, -0.05) is 0 Å². The van der Waals surface area contributed by atoms with Crippen molar-refractivity contribution < 1.29 is 18.7 Å². The maximum Gasteiger partial charge on any atom is 0.341 e. The molecule has 6 nitrogen and oxygen atoms in total. The lowest BCUT2D eigenvalue weighted by Crippen LogP contribution is -2.41. The molecule has 0 bridgehead atoms. The molecule has 0 aliphatic rings. The quantitative estimate of drug-likeness (QED) is 0.780. The molecule has 100 valence electrons. The molecule has 1 heterocycles. The van der Waals surface area contributed by atoms with Gasteiger partial charge in [-0.3, -0.25) is 10.1 Å². The molecule has 1 atom stereocenters. The van der Waals surface area contributed by atoms with Crippen LogP contribution in [0, 0.1) is 0 Å². The number of likely N-dealkylation sites (N-methyl/N-ethyl adjacent to an activating group) is 1. The SMILES string of the molecule is COC(=O)c1coc(CNC(C)C(=O)N(C)C)c1. The van der Waals surface area contributed by atoms with Gasteiger partial charge >= 0.3 is 5.97 Å². The van der Waals surface area contributed by atoms with Gasteiger partial charge in [0.2, 0.25) is 5.91 Å². The summed E-state index contributed by atoms with van der Waals surface area (Å²) in [7, 11) is 4.70. The maximum absolute atomic E-state index is 11.6. The fraction of sp³-hybridized carbons (Fsp3) is 0.500. The minimum atomic E-state index is -0.442. The Morgan fingerprint density at radius 3 is 2.72 bits per heavy atom. The lowest BCUT2D eigenvalue weighted by molar-refractivity contribution is -0.130. The van der Waals surface area contributed by atoms with Gasteiger partial charge in [0.1, 0.15) is 12.0 Å². The first-order valence-electron chi connectivity index (χ1n) is 5.56. The van der Waals surface area contributed by atoms with Crippen molar-refractivity contribution in [2.24, 2.45) is 0 Å². The molecular formula is C12H18N2O4. The summed E-state index contributed by atoms with van der Waals surface area (Å²) in [5, 5.41) is 3.01. The highest BCUT2D eigenvalue weighted by atomic mass is 16.5. The summed E-state index contributed by atoms with van der Waals surface area (Å²) >= 11 is 0. The van der Waals surface area contributed by atoms with Crippen LogP contribution in [0.2, 0.25) is 0 Å². The molecule has 6 heteroatoms. The zero-order valence-electron chi connectivity index (χ0n) is 11.0. The van der Waals surface area contributed by atoms with Crippen molar-refractivity contribution in [1.82, 2.24) is 10.2 Å². The van der Waals surface area contributed by atoms with E-state index in [1.54, 1.807) is 27.1 Å². The number of carbonyl (C=O) groups is 2. The number of amides is 1. The monoisotopic (exact) mass is 254 g/mol. The fourth-order valence-corrected chi connectivity index (χ4v) is 1.43. The van der Waals surface area contributed by atoms with Crippen LogP contribution in [0.25, 0.3) is 0 Å². The van der Waals surface area contributed by atoms with Crippen molar-refractivity contribution in [2.45, 2.75) is 19.5 Å². The average molecular weight is 254 g/mol. The van der Waals surface area contributed by atoms with E-state index in [0.717, 1.165) is 0 Å².